The van der Waals surface area contributed by atoms with Gasteiger partial charge in [-0.3, -0.25) is 14.6 Å². The Morgan fingerprint density at radius 3 is 2.37 bits per heavy atom. The number of ether oxygens (including phenoxy) is 1. The van der Waals surface area contributed by atoms with Crippen molar-refractivity contribution >= 4 is 17.9 Å². The zero-order valence-electron chi connectivity index (χ0n) is 17.7. The number of alkyl carbamates (subject to hydrolysis) is 1. The normalized spacial score (nSPS) is 10.8. The minimum absolute atomic E-state index is 0.147. The summed E-state index contributed by atoms with van der Waals surface area (Å²) in [4.78, 5) is 39.5. The van der Waals surface area contributed by atoms with Gasteiger partial charge < -0.3 is 20.7 Å². The third-order valence-electron chi connectivity index (χ3n) is 3.96. The van der Waals surface area contributed by atoms with Crippen molar-refractivity contribution in [3.05, 3.63) is 53.9 Å². The number of hydrogen-bond donors (Lipinski definition) is 3. The van der Waals surface area contributed by atoms with Crippen molar-refractivity contribution in [2.24, 2.45) is 0 Å². The van der Waals surface area contributed by atoms with Crippen LogP contribution < -0.4 is 16.0 Å². The Balaban J connectivity index is 1.85. The van der Waals surface area contributed by atoms with E-state index in [0.717, 1.165) is 16.7 Å². The van der Waals surface area contributed by atoms with Crippen LogP contribution in [0.2, 0.25) is 0 Å². The molecule has 0 unspecified atom stereocenters. The summed E-state index contributed by atoms with van der Waals surface area (Å²) in [7, 11) is 1.56. The van der Waals surface area contributed by atoms with Gasteiger partial charge in [0, 0.05) is 31.9 Å². The van der Waals surface area contributed by atoms with Gasteiger partial charge in [0.05, 0.1) is 6.42 Å². The van der Waals surface area contributed by atoms with E-state index in [1.165, 1.54) is 0 Å². The van der Waals surface area contributed by atoms with E-state index in [4.69, 9.17) is 4.74 Å². The predicted molar refractivity (Wildman–Crippen MR) is 114 cm³/mol. The number of pyridine rings is 1. The molecule has 0 bridgehead atoms. The molecule has 0 radical (unpaired) electrons. The summed E-state index contributed by atoms with van der Waals surface area (Å²) in [5.41, 5.74) is 2.39. The largest absolute Gasteiger partial charge is 0.444 e. The lowest BCUT2D eigenvalue weighted by molar-refractivity contribution is -0.120. The summed E-state index contributed by atoms with van der Waals surface area (Å²) in [5.74, 6) is -0.389. The van der Waals surface area contributed by atoms with Crippen LogP contribution in [0.25, 0.3) is 11.1 Å². The second-order valence-electron chi connectivity index (χ2n) is 7.67. The molecule has 0 saturated heterocycles. The quantitative estimate of drug-likeness (QED) is 0.605. The first-order chi connectivity index (χ1) is 14.2. The highest BCUT2D eigenvalue weighted by molar-refractivity contribution is 5.92. The number of aromatic nitrogens is 1. The first-order valence-corrected chi connectivity index (χ1v) is 9.69. The lowest BCUT2D eigenvalue weighted by atomic mass is 10.0. The Bertz CT molecular complexity index is 889. The Kier molecular flexibility index (Phi) is 7.91. The van der Waals surface area contributed by atoms with Crippen molar-refractivity contribution in [1.29, 1.82) is 0 Å². The number of amides is 3. The Hall–Kier alpha value is -3.42. The van der Waals surface area contributed by atoms with E-state index >= 15 is 0 Å². The molecule has 2 rings (SSSR count). The van der Waals surface area contributed by atoms with Crippen LogP contribution in [0.4, 0.5) is 4.79 Å². The lowest BCUT2D eigenvalue weighted by Crippen LogP contribution is -2.38. The average molecular weight is 412 g/mol. The number of carbonyl (C=O) groups is 3. The second kappa shape index (κ2) is 10.4. The molecule has 3 N–H and O–H groups in total. The Labute approximate surface area is 176 Å². The third kappa shape index (κ3) is 7.54. The van der Waals surface area contributed by atoms with Crippen LogP contribution in [0.1, 0.15) is 36.8 Å². The minimum Gasteiger partial charge on any atom is -0.444 e. The highest BCUT2D eigenvalue weighted by Gasteiger charge is 2.15. The van der Waals surface area contributed by atoms with E-state index in [0.29, 0.717) is 12.2 Å². The molecule has 1 aromatic heterocycles. The van der Waals surface area contributed by atoms with Crippen LogP contribution >= 0.6 is 0 Å². The van der Waals surface area contributed by atoms with Gasteiger partial charge in [0.15, 0.2) is 0 Å². The molecule has 0 fully saturated rings. The van der Waals surface area contributed by atoms with Gasteiger partial charge in [-0.05, 0) is 38.0 Å². The Morgan fingerprint density at radius 1 is 1.00 bits per heavy atom. The molecule has 0 spiro atoms. The third-order valence-corrected chi connectivity index (χ3v) is 3.96. The smallest absolute Gasteiger partial charge is 0.407 e. The van der Waals surface area contributed by atoms with Crippen LogP contribution in [-0.4, -0.2) is 48.6 Å². The number of nitrogens with zero attached hydrogens (tertiary/aromatic N) is 1. The summed E-state index contributed by atoms with van der Waals surface area (Å²) in [6.07, 6.45) is 1.33. The van der Waals surface area contributed by atoms with Crippen LogP contribution in [0, 0.1) is 0 Å². The van der Waals surface area contributed by atoms with Gasteiger partial charge in [0.2, 0.25) is 5.91 Å². The molecule has 0 saturated carbocycles. The summed E-state index contributed by atoms with van der Waals surface area (Å²) < 4.78 is 5.13. The maximum absolute atomic E-state index is 12.2. The molecule has 0 aliphatic carbocycles. The molecule has 3 amide bonds. The molecular weight excluding hydrogens is 384 g/mol. The molecule has 160 valence electrons. The summed E-state index contributed by atoms with van der Waals surface area (Å²) >= 11 is 0. The number of hydrogen-bond acceptors (Lipinski definition) is 5. The first kappa shape index (κ1) is 22.9. The lowest BCUT2D eigenvalue weighted by Gasteiger charge is -2.19. The topological polar surface area (TPSA) is 109 Å². The highest BCUT2D eigenvalue weighted by Crippen LogP contribution is 2.20. The summed E-state index contributed by atoms with van der Waals surface area (Å²) in [6, 6.07) is 11.0. The number of rotatable bonds is 7. The van der Waals surface area contributed by atoms with Crippen molar-refractivity contribution in [2.45, 2.75) is 32.8 Å². The molecular formula is C22H28N4O4. The minimum atomic E-state index is -0.559. The zero-order chi connectivity index (χ0) is 22.1. The van der Waals surface area contributed by atoms with Gasteiger partial charge in [-0.1, -0.05) is 30.3 Å². The fourth-order valence-electron chi connectivity index (χ4n) is 2.62. The van der Waals surface area contributed by atoms with E-state index in [9.17, 15) is 14.4 Å². The standard InChI is InChI=1S/C22H28N4O4/c1-22(2,3)30-21(29)25-11-10-24-19(27)13-15-6-5-7-16(12-15)17-8-9-18(26-14-17)20(28)23-4/h5-9,12,14H,10-11,13H2,1-4H3,(H,23,28)(H,24,27)(H,25,29). The maximum atomic E-state index is 12.2. The van der Waals surface area contributed by atoms with Gasteiger partial charge in [-0.15, -0.1) is 0 Å². The predicted octanol–water partition coefficient (Wildman–Crippen LogP) is 2.29. The molecule has 8 heteroatoms. The van der Waals surface area contributed by atoms with Crippen LogP contribution in [0.5, 0.6) is 0 Å². The number of nitrogens with one attached hydrogen (secondary N) is 3. The monoisotopic (exact) mass is 412 g/mol. The Morgan fingerprint density at radius 2 is 1.73 bits per heavy atom. The maximum Gasteiger partial charge on any atom is 0.407 e. The average Bonchev–Trinajstić information content (AvgIpc) is 2.69. The second-order valence-corrected chi connectivity index (χ2v) is 7.67. The van der Waals surface area contributed by atoms with E-state index < -0.39 is 11.7 Å². The van der Waals surface area contributed by atoms with E-state index in [1.54, 1.807) is 40.1 Å². The van der Waals surface area contributed by atoms with Crippen molar-refractivity contribution < 1.29 is 19.1 Å². The fourth-order valence-corrected chi connectivity index (χ4v) is 2.62. The molecule has 1 aromatic carbocycles. The van der Waals surface area contributed by atoms with Gasteiger partial charge in [-0.2, -0.15) is 0 Å². The molecule has 2 aromatic rings. The van der Waals surface area contributed by atoms with Crippen LogP contribution in [0.3, 0.4) is 0 Å². The van der Waals surface area contributed by atoms with Crippen molar-refractivity contribution in [2.75, 3.05) is 20.1 Å². The van der Waals surface area contributed by atoms with E-state index in [2.05, 4.69) is 20.9 Å². The molecule has 0 aliphatic rings. The number of benzene rings is 1. The van der Waals surface area contributed by atoms with Crippen molar-refractivity contribution in [1.82, 2.24) is 20.9 Å². The zero-order valence-corrected chi connectivity index (χ0v) is 17.7. The molecule has 8 nitrogen and oxygen atoms in total. The van der Waals surface area contributed by atoms with E-state index in [-0.39, 0.29) is 24.8 Å². The number of carbonyl (C=O) groups excluding carboxylic acids is 3. The van der Waals surface area contributed by atoms with Gasteiger partial charge in [-0.25, -0.2) is 4.79 Å². The molecule has 0 aliphatic heterocycles. The van der Waals surface area contributed by atoms with Crippen LogP contribution in [-0.2, 0) is 16.0 Å². The molecule has 1 heterocycles. The SMILES string of the molecule is CNC(=O)c1ccc(-c2cccc(CC(=O)NCCNC(=O)OC(C)(C)C)c2)cn1. The van der Waals surface area contributed by atoms with Crippen molar-refractivity contribution in [3.63, 3.8) is 0 Å². The van der Waals surface area contributed by atoms with Gasteiger partial charge in [0.25, 0.3) is 5.91 Å². The van der Waals surface area contributed by atoms with E-state index in [1.807, 2.05) is 30.3 Å². The van der Waals surface area contributed by atoms with Crippen LogP contribution in [0.15, 0.2) is 42.6 Å². The summed E-state index contributed by atoms with van der Waals surface area (Å²) in [6.45, 7) is 5.95. The first-order valence-electron chi connectivity index (χ1n) is 9.69. The van der Waals surface area contributed by atoms with Gasteiger partial charge in [0.1, 0.15) is 11.3 Å². The molecule has 30 heavy (non-hydrogen) atoms. The molecule has 0 atom stereocenters. The highest BCUT2D eigenvalue weighted by atomic mass is 16.6. The summed E-state index contributed by atoms with van der Waals surface area (Å²) in [5, 5.41) is 7.90. The van der Waals surface area contributed by atoms with Gasteiger partial charge >= 0.3 is 6.09 Å². The fraction of sp³-hybridized carbons (Fsp3) is 0.364. The van der Waals surface area contributed by atoms with Crippen molar-refractivity contribution in [3.8, 4) is 11.1 Å².